The van der Waals surface area contributed by atoms with Crippen molar-refractivity contribution in [1.29, 1.82) is 0 Å². The molecule has 0 bridgehead atoms. The van der Waals surface area contributed by atoms with Gasteiger partial charge in [-0.25, -0.2) is 4.79 Å². The Kier molecular flexibility index (Phi) is 5.21. The van der Waals surface area contributed by atoms with Crippen LogP contribution < -0.4 is 5.32 Å². The molecule has 0 spiro atoms. The summed E-state index contributed by atoms with van der Waals surface area (Å²) in [5.74, 6) is -7.40. The molecular formula is C11H16F5NO4. The van der Waals surface area contributed by atoms with Crippen molar-refractivity contribution in [3.8, 4) is 0 Å². The molecule has 0 aromatic heterocycles. The molecule has 0 saturated heterocycles. The Labute approximate surface area is 117 Å². The highest BCUT2D eigenvalue weighted by Gasteiger charge is 2.69. The van der Waals surface area contributed by atoms with Gasteiger partial charge in [0.15, 0.2) is 0 Å². The average Bonchev–Trinajstić information content (AvgIpc) is 2.09. The lowest BCUT2D eigenvalue weighted by molar-refractivity contribution is -0.308. The minimum atomic E-state index is -6.04. The second kappa shape index (κ2) is 5.64. The molecule has 21 heavy (non-hydrogen) atoms. The summed E-state index contributed by atoms with van der Waals surface area (Å²) >= 11 is 0. The number of carboxylic acid groups (broad SMARTS) is 1. The van der Waals surface area contributed by atoms with Crippen molar-refractivity contribution >= 4 is 12.1 Å². The fraction of sp³-hybridized carbons (Fsp3) is 0.818. The summed E-state index contributed by atoms with van der Waals surface area (Å²) in [6, 6.07) is 0. The summed E-state index contributed by atoms with van der Waals surface area (Å²) in [5.41, 5.74) is -4.54. The van der Waals surface area contributed by atoms with Crippen molar-refractivity contribution in [3.05, 3.63) is 0 Å². The van der Waals surface area contributed by atoms with Gasteiger partial charge in [0, 0.05) is 0 Å². The molecule has 0 fully saturated rings. The normalized spacial score (nSPS) is 16.0. The smallest absolute Gasteiger partial charge is 0.455 e. The number of ether oxygens (including phenoxy) is 1. The van der Waals surface area contributed by atoms with Crippen molar-refractivity contribution in [2.75, 3.05) is 0 Å². The van der Waals surface area contributed by atoms with Crippen LogP contribution in [-0.2, 0) is 9.53 Å². The van der Waals surface area contributed by atoms with Crippen LogP contribution in [0.3, 0.4) is 0 Å². The molecule has 0 aliphatic rings. The molecule has 0 heterocycles. The Morgan fingerprint density at radius 3 is 1.76 bits per heavy atom. The van der Waals surface area contributed by atoms with Crippen LogP contribution in [0.25, 0.3) is 0 Å². The van der Waals surface area contributed by atoms with Gasteiger partial charge in [-0.05, 0) is 27.7 Å². The Bertz CT molecular complexity index is 416. The molecule has 1 unspecified atom stereocenters. The van der Waals surface area contributed by atoms with E-state index in [-0.39, 0.29) is 0 Å². The van der Waals surface area contributed by atoms with Crippen molar-refractivity contribution in [1.82, 2.24) is 5.32 Å². The van der Waals surface area contributed by atoms with E-state index < -0.39 is 41.7 Å². The molecule has 1 atom stereocenters. The van der Waals surface area contributed by atoms with E-state index in [4.69, 9.17) is 5.11 Å². The van der Waals surface area contributed by atoms with E-state index in [1.165, 1.54) is 26.1 Å². The maximum atomic E-state index is 13.5. The average molecular weight is 321 g/mol. The second-order valence-electron chi connectivity index (χ2n) is 5.60. The quantitative estimate of drug-likeness (QED) is 0.781. The van der Waals surface area contributed by atoms with Crippen LogP contribution in [0.4, 0.5) is 26.7 Å². The van der Waals surface area contributed by atoms with Gasteiger partial charge < -0.3 is 15.2 Å². The number of hydrogen-bond acceptors (Lipinski definition) is 3. The van der Waals surface area contributed by atoms with Gasteiger partial charge in [0.25, 0.3) is 0 Å². The standard InChI is InChI=1S/C11H16F5NO4/c1-8(2,3)21-7(20)17-9(4,5-6(18)19)10(12,13)11(14,15)16/h5H2,1-4H3,(H,17,20)(H,18,19). The summed E-state index contributed by atoms with van der Waals surface area (Å²) in [6.45, 7) is 4.38. The van der Waals surface area contributed by atoms with Crippen LogP contribution in [0, 0.1) is 0 Å². The van der Waals surface area contributed by atoms with E-state index in [9.17, 15) is 31.5 Å². The summed E-state index contributed by atoms with van der Waals surface area (Å²) in [4.78, 5) is 22.0. The number of carboxylic acids is 1. The second-order valence-corrected chi connectivity index (χ2v) is 5.60. The first kappa shape index (κ1) is 19.4. The first-order chi connectivity index (χ1) is 9.02. The van der Waals surface area contributed by atoms with Crippen molar-refractivity contribution in [2.24, 2.45) is 0 Å². The lowest BCUT2D eigenvalue weighted by Gasteiger charge is -2.38. The third kappa shape index (κ3) is 5.01. The lowest BCUT2D eigenvalue weighted by Crippen LogP contribution is -2.65. The third-order valence-corrected chi connectivity index (χ3v) is 2.33. The van der Waals surface area contributed by atoms with E-state index in [1.54, 1.807) is 0 Å². The molecule has 0 radical (unpaired) electrons. The highest BCUT2D eigenvalue weighted by molar-refractivity contribution is 5.73. The van der Waals surface area contributed by atoms with Gasteiger partial charge in [0.05, 0.1) is 6.42 Å². The van der Waals surface area contributed by atoms with Gasteiger partial charge in [0.1, 0.15) is 11.1 Å². The predicted molar refractivity (Wildman–Crippen MR) is 61.0 cm³/mol. The van der Waals surface area contributed by atoms with Gasteiger partial charge >= 0.3 is 24.2 Å². The largest absolute Gasteiger partial charge is 0.481 e. The SMILES string of the molecule is CC(C)(C)OC(=O)NC(C)(CC(=O)O)C(F)(F)C(F)(F)F. The maximum absolute atomic E-state index is 13.5. The molecular weight excluding hydrogens is 305 g/mol. The zero-order chi connectivity index (χ0) is 17.3. The molecule has 0 aliphatic heterocycles. The van der Waals surface area contributed by atoms with Gasteiger partial charge in [-0.3, -0.25) is 4.79 Å². The van der Waals surface area contributed by atoms with E-state index in [1.807, 2.05) is 0 Å². The molecule has 5 nitrogen and oxygen atoms in total. The van der Waals surface area contributed by atoms with Crippen LogP contribution in [0.15, 0.2) is 0 Å². The molecule has 2 N–H and O–H groups in total. The first-order valence-electron chi connectivity index (χ1n) is 5.69. The number of aliphatic carboxylic acids is 1. The zero-order valence-corrected chi connectivity index (χ0v) is 11.8. The number of hydrogen-bond donors (Lipinski definition) is 2. The van der Waals surface area contributed by atoms with E-state index in [0.29, 0.717) is 6.92 Å². The van der Waals surface area contributed by atoms with Crippen LogP contribution >= 0.6 is 0 Å². The van der Waals surface area contributed by atoms with Crippen LogP contribution in [0.1, 0.15) is 34.1 Å². The van der Waals surface area contributed by atoms with Gasteiger partial charge in [-0.1, -0.05) is 0 Å². The molecule has 0 saturated carbocycles. The summed E-state index contributed by atoms with van der Waals surface area (Å²) < 4.78 is 68.8. The lowest BCUT2D eigenvalue weighted by atomic mass is 9.89. The Hall–Kier alpha value is -1.61. The molecule has 0 aromatic carbocycles. The van der Waals surface area contributed by atoms with E-state index >= 15 is 0 Å². The topological polar surface area (TPSA) is 75.6 Å². The molecule has 124 valence electrons. The van der Waals surface area contributed by atoms with E-state index in [2.05, 4.69) is 4.74 Å². The highest BCUT2D eigenvalue weighted by Crippen LogP contribution is 2.45. The Balaban J connectivity index is 5.47. The number of alkyl halides is 5. The monoisotopic (exact) mass is 321 g/mol. The number of halogens is 5. The summed E-state index contributed by atoms with van der Waals surface area (Å²) in [7, 11) is 0. The minimum Gasteiger partial charge on any atom is -0.481 e. The fourth-order valence-corrected chi connectivity index (χ4v) is 1.38. The Morgan fingerprint density at radius 1 is 1.05 bits per heavy atom. The molecule has 0 rings (SSSR count). The molecule has 1 amide bonds. The number of carbonyl (C=O) groups is 2. The number of rotatable bonds is 4. The van der Waals surface area contributed by atoms with Crippen LogP contribution in [0.2, 0.25) is 0 Å². The predicted octanol–water partition coefficient (Wildman–Crippen LogP) is 2.94. The highest BCUT2D eigenvalue weighted by atomic mass is 19.4. The zero-order valence-electron chi connectivity index (χ0n) is 11.8. The fourth-order valence-electron chi connectivity index (χ4n) is 1.38. The number of amides is 1. The summed E-state index contributed by atoms with van der Waals surface area (Å²) in [5, 5.41) is 9.85. The summed E-state index contributed by atoms with van der Waals surface area (Å²) in [6.07, 6.45) is -9.25. The molecule has 10 heteroatoms. The van der Waals surface area contributed by atoms with Crippen molar-refractivity contribution in [3.63, 3.8) is 0 Å². The van der Waals surface area contributed by atoms with Gasteiger partial charge in [-0.15, -0.1) is 0 Å². The van der Waals surface area contributed by atoms with E-state index in [0.717, 1.165) is 0 Å². The maximum Gasteiger partial charge on any atom is 0.455 e. The number of carbonyl (C=O) groups excluding carboxylic acids is 1. The number of alkyl carbamates (subject to hydrolysis) is 1. The Morgan fingerprint density at radius 2 is 1.48 bits per heavy atom. The molecule has 0 aromatic rings. The third-order valence-electron chi connectivity index (χ3n) is 2.33. The van der Waals surface area contributed by atoms with Gasteiger partial charge in [0.2, 0.25) is 0 Å². The number of nitrogens with one attached hydrogen (secondary N) is 1. The first-order valence-corrected chi connectivity index (χ1v) is 5.69. The van der Waals surface area contributed by atoms with Crippen molar-refractivity contribution in [2.45, 2.75) is 57.4 Å². The minimum absolute atomic E-state index is 0.290. The van der Waals surface area contributed by atoms with Crippen LogP contribution in [0.5, 0.6) is 0 Å². The van der Waals surface area contributed by atoms with Crippen molar-refractivity contribution < 1.29 is 41.4 Å². The van der Waals surface area contributed by atoms with Crippen LogP contribution in [-0.4, -0.2) is 40.4 Å². The van der Waals surface area contributed by atoms with Gasteiger partial charge in [-0.2, -0.15) is 22.0 Å². The molecule has 0 aliphatic carbocycles.